The summed E-state index contributed by atoms with van der Waals surface area (Å²) in [5, 5.41) is 2.15. The highest BCUT2D eigenvalue weighted by Gasteiger charge is 2.40. The molecular formula is C66H58N2OS. The molecule has 0 fully saturated rings. The van der Waals surface area contributed by atoms with Crippen LogP contribution in [0.2, 0.25) is 0 Å². The van der Waals surface area contributed by atoms with E-state index in [1.807, 2.05) is 18.2 Å². The maximum Gasteiger partial charge on any atom is 0.137 e. The minimum Gasteiger partial charge on any atom is -0.456 e. The summed E-state index contributed by atoms with van der Waals surface area (Å²) in [6.07, 6.45) is 15.8. The van der Waals surface area contributed by atoms with Gasteiger partial charge < -0.3 is 14.2 Å². The molecule has 1 unspecified atom stereocenters. The number of hydrogen-bond acceptors (Lipinski definition) is 4. The van der Waals surface area contributed by atoms with Gasteiger partial charge in [0.2, 0.25) is 0 Å². The predicted octanol–water partition coefficient (Wildman–Crippen LogP) is 18.9. The molecule has 2 aliphatic rings. The van der Waals surface area contributed by atoms with Crippen molar-refractivity contribution in [2.24, 2.45) is 0 Å². The molecule has 0 spiro atoms. The fourth-order valence-electron chi connectivity index (χ4n) is 11.5. The Labute approximate surface area is 418 Å². The number of benzene rings is 8. The summed E-state index contributed by atoms with van der Waals surface area (Å²) in [6.45, 7) is 17.9. The Morgan fingerprint density at radius 1 is 0.543 bits per heavy atom. The molecule has 1 aromatic heterocycles. The van der Waals surface area contributed by atoms with E-state index in [0.717, 1.165) is 72.9 Å². The van der Waals surface area contributed by atoms with Gasteiger partial charge in [-0.3, -0.25) is 0 Å². The third-order valence-electron chi connectivity index (χ3n) is 15.0. The zero-order chi connectivity index (χ0) is 48.4. The molecular weight excluding hydrogens is 869 g/mol. The Bertz CT molecular complexity index is 3620. The van der Waals surface area contributed by atoms with Crippen LogP contribution in [0.15, 0.2) is 228 Å². The molecule has 0 bridgehead atoms. The van der Waals surface area contributed by atoms with Crippen molar-refractivity contribution in [3.8, 4) is 22.3 Å². The highest BCUT2D eigenvalue weighted by atomic mass is 32.1. The van der Waals surface area contributed by atoms with Crippen LogP contribution in [0, 0.1) is 0 Å². The molecule has 1 heterocycles. The van der Waals surface area contributed by atoms with Crippen molar-refractivity contribution in [1.82, 2.24) is 0 Å². The number of thiol groups is 1. The topological polar surface area (TPSA) is 19.6 Å². The first-order valence-corrected chi connectivity index (χ1v) is 25.0. The monoisotopic (exact) mass is 926 g/mol. The second kappa shape index (κ2) is 17.5. The number of fused-ring (bicyclic) bond motifs is 9. The molecule has 0 amide bonds. The number of rotatable bonds is 12. The minimum absolute atomic E-state index is 0.191. The fraction of sp³-hybridized carbons (Fsp3) is 0.152. The fourth-order valence-corrected chi connectivity index (χ4v) is 12.0. The van der Waals surface area contributed by atoms with E-state index < -0.39 is 5.41 Å². The number of anilines is 6. The van der Waals surface area contributed by atoms with Crippen molar-refractivity contribution in [2.45, 2.75) is 69.1 Å². The zero-order valence-electron chi connectivity index (χ0n) is 40.9. The van der Waals surface area contributed by atoms with Crippen LogP contribution in [-0.2, 0) is 16.2 Å². The van der Waals surface area contributed by atoms with E-state index >= 15 is 0 Å². The first kappa shape index (κ1) is 44.9. The van der Waals surface area contributed by atoms with Crippen LogP contribution in [0.3, 0.4) is 0 Å². The molecule has 0 N–H and O–H groups in total. The molecule has 0 saturated heterocycles. The van der Waals surface area contributed by atoms with Crippen LogP contribution >= 0.6 is 12.6 Å². The lowest BCUT2D eigenvalue weighted by Crippen LogP contribution is -2.20. The number of allylic oxidation sites excluding steroid dienone is 7. The molecule has 9 aromatic rings. The van der Waals surface area contributed by atoms with Crippen LogP contribution in [0.1, 0.15) is 75.8 Å². The van der Waals surface area contributed by atoms with Gasteiger partial charge in [0, 0.05) is 49.0 Å². The van der Waals surface area contributed by atoms with Crippen molar-refractivity contribution < 1.29 is 4.42 Å². The lowest BCUT2D eigenvalue weighted by molar-refractivity contribution is 0.660. The number of nitrogens with zero attached hydrogens (tertiary/aromatic N) is 2. The third-order valence-corrected chi connectivity index (χ3v) is 15.4. The van der Waals surface area contributed by atoms with Gasteiger partial charge in [-0.2, -0.15) is 0 Å². The van der Waals surface area contributed by atoms with E-state index in [0.29, 0.717) is 0 Å². The summed E-state index contributed by atoms with van der Waals surface area (Å²) in [4.78, 5) is 5.81. The predicted molar refractivity (Wildman–Crippen MR) is 301 cm³/mol. The second-order valence-corrected chi connectivity index (χ2v) is 20.4. The maximum atomic E-state index is 6.61. The summed E-state index contributed by atoms with van der Waals surface area (Å²) in [6, 6.07) is 62.1. The molecule has 0 saturated carbocycles. The Kier molecular flexibility index (Phi) is 11.2. The van der Waals surface area contributed by atoms with E-state index in [1.165, 1.54) is 44.5 Å². The second-order valence-electron chi connectivity index (χ2n) is 19.9. The number of furan rings is 1. The standard InChI is InChI=1S/C66H58N2OS/c1-8-10-12-19-42-66(7,41-11-9-2)53-34-23-38-57(63(53)70)68(55-36-22-33-52-61(55)47-28-14-17-31-50(47)65(52,5)6)45-26-20-25-44(43-45)67(56-37-24-40-59-62(56)48-29-15-18-39-58(48)69-59)54-35-21-32-51-60(54)46-27-13-16-30-49(46)64(51,3)4/h9-43,70H,2,8H2,1,3-7H3/b12-10-,41-11-,42-19-. The lowest BCUT2D eigenvalue weighted by Gasteiger charge is -2.34. The molecule has 11 rings (SSSR count). The van der Waals surface area contributed by atoms with E-state index in [2.05, 4.69) is 252 Å². The molecule has 3 nitrogen and oxygen atoms in total. The van der Waals surface area contributed by atoms with E-state index in [1.54, 1.807) is 0 Å². The Morgan fingerprint density at radius 3 is 1.69 bits per heavy atom. The average Bonchev–Trinajstić information content (AvgIpc) is 3.96. The van der Waals surface area contributed by atoms with Gasteiger partial charge in [0.15, 0.2) is 0 Å². The molecule has 8 aromatic carbocycles. The Morgan fingerprint density at radius 2 is 1.04 bits per heavy atom. The van der Waals surface area contributed by atoms with Crippen LogP contribution in [0.4, 0.5) is 34.1 Å². The van der Waals surface area contributed by atoms with Gasteiger partial charge in [-0.1, -0.05) is 199 Å². The Balaban J connectivity index is 1.20. The summed E-state index contributed by atoms with van der Waals surface area (Å²) < 4.78 is 6.61. The molecule has 344 valence electrons. The van der Waals surface area contributed by atoms with Crippen LogP contribution < -0.4 is 9.80 Å². The molecule has 70 heavy (non-hydrogen) atoms. The van der Waals surface area contributed by atoms with Crippen LogP contribution in [-0.4, -0.2) is 0 Å². The van der Waals surface area contributed by atoms with Crippen molar-refractivity contribution in [3.05, 3.63) is 247 Å². The van der Waals surface area contributed by atoms with Gasteiger partial charge in [-0.25, -0.2) is 0 Å². The zero-order valence-corrected chi connectivity index (χ0v) is 41.8. The molecule has 1 atom stereocenters. The summed E-state index contributed by atoms with van der Waals surface area (Å²) >= 11 is 5.59. The molecule has 0 aliphatic heterocycles. The largest absolute Gasteiger partial charge is 0.456 e. The van der Waals surface area contributed by atoms with Crippen LogP contribution in [0.5, 0.6) is 0 Å². The summed E-state index contributed by atoms with van der Waals surface area (Å²) in [5.41, 5.74) is 18.4. The maximum absolute atomic E-state index is 6.61. The highest BCUT2D eigenvalue weighted by Crippen LogP contribution is 2.58. The average molecular weight is 927 g/mol. The first-order valence-electron chi connectivity index (χ1n) is 24.5. The highest BCUT2D eigenvalue weighted by molar-refractivity contribution is 7.80. The third kappa shape index (κ3) is 7.11. The quantitative estimate of drug-likeness (QED) is 0.0973. The van der Waals surface area contributed by atoms with Gasteiger partial charge in [-0.15, -0.1) is 12.6 Å². The van der Waals surface area contributed by atoms with E-state index in [9.17, 15) is 0 Å². The van der Waals surface area contributed by atoms with Gasteiger partial charge in [-0.05, 0) is 107 Å². The SMILES string of the molecule is C=C/C=C\C(C)(/C=C\C=C/CC)c1cccc(N(c2cccc(N(c3cccc4c3-c3ccccc3C4(C)C)c3cccc4oc5ccccc5c34)c2)c2cccc3c2-c2ccccc2C3(C)C)c1S. The lowest BCUT2D eigenvalue weighted by atomic mass is 9.81. The van der Waals surface area contributed by atoms with E-state index in [4.69, 9.17) is 17.0 Å². The summed E-state index contributed by atoms with van der Waals surface area (Å²) in [5.74, 6) is 0. The van der Waals surface area contributed by atoms with Gasteiger partial charge in [0.25, 0.3) is 0 Å². The van der Waals surface area contributed by atoms with E-state index in [-0.39, 0.29) is 10.8 Å². The molecule has 4 heteroatoms. The summed E-state index contributed by atoms with van der Waals surface area (Å²) in [7, 11) is 0. The minimum atomic E-state index is -0.499. The van der Waals surface area contributed by atoms with Crippen molar-refractivity contribution >= 4 is 68.7 Å². The van der Waals surface area contributed by atoms with Crippen molar-refractivity contribution in [1.29, 1.82) is 0 Å². The Hall–Kier alpha value is -7.53. The van der Waals surface area contributed by atoms with Crippen LogP contribution in [0.25, 0.3) is 44.2 Å². The number of para-hydroxylation sites is 1. The molecule has 2 aliphatic carbocycles. The number of hydrogen-bond donors (Lipinski definition) is 1. The van der Waals surface area contributed by atoms with Gasteiger partial charge >= 0.3 is 0 Å². The first-order chi connectivity index (χ1) is 34.0. The van der Waals surface area contributed by atoms with Gasteiger partial charge in [0.1, 0.15) is 11.2 Å². The van der Waals surface area contributed by atoms with Crippen molar-refractivity contribution in [3.63, 3.8) is 0 Å². The molecule has 0 radical (unpaired) electrons. The normalized spacial score (nSPS) is 15.1. The van der Waals surface area contributed by atoms with Gasteiger partial charge in [0.05, 0.1) is 28.1 Å². The smallest absolute Gasteiger partial charge is 0.137 e. The van der Waals surface area contributed by atoms with Crippen molar-refractivity contribution in [2.75, 3.05) is 9.80 Å².